The highest BCUT2D eigenvalue weighted by atomic mass is 16.2. The summed E-state index contributed by atoms with van der Waals surface area (Å²) >= 11 is 0. The molecule has 0 radical (unpaired) electrons. The molecule has 1 aliphatic heterocycles. The number of amides is 3. The number of benzene rings is 1. The fourth-order valence-corrected chi connectivity index (χ4v) is 3.25. The van der Waals surface area contributed by atoms with Crippen molar-refractivity contribution in [2.24, 2.45) is 0 Å². The van der Waals surface area contributed by atoms with Crippen LogP contribution in [0.1, 0.15) is 49.9 Å². The molecule has 8 nitrogen and oxygen atoms in total. The highest BCUT2D eigenvalue weighted by Crippen LogP contribution is 2.22. The number of fused-ring (bicyclic) bond motifs is 1. The van der Waals surface area contributed by atoms with E-state index in [1.54, 1.807) is 18.2 Å². The van der Waals surface area contributed by atoms with Crippen LogP contribution in [0.5, 0.6) is 0 Å². The Kier molecular flexibility index (Phi) is 5.27. The molecule has 8 heteroatoms. The van der Waals surface area contributed by atoms with Crippen LogP contribution in [0.15, 0.2) is 30.3 Å². The zero-order valence-electron chi connectivity index (χ0n) is 15.6. The van der Waals surface area contributed by atoms with Gasteiger partial charge in [-0.2, -0.15) is 0 Å². The van der Waals surface area contributed by atoms with Crippen LogP contribution in [0.4, 0.5) is 5.69 Å². The average Bonchev–Trinajstić information content (AvgIpc) is 3.12. The predicted octanol–water partition coefficient (Wildman–Crippen LogP) is 1.12. The average molecular weight is 369 g/mol. The molecule has 0 saturated carbocycles. The molecule has 0 aliphatic carbocycles. The molecule has 2 aromatic rings. The first-order valence-electron chi connectivity index (χ1n) is 8.78. The Morgan fingerprint density at radius 2 is 1.63 bits per heavy atom. The topological polar surface area (TPSA) is 104 Å². The highest BCUT2D eigenvalue weighted by molar-refractivity contribution is 6.06. The van der Waals surface area contributed by atoms with E-state index >= 15 is 0 Å². The van der Waals surface area contributed by atoms with Crippen molar-refractivity contribution in [1.29, 1.82) is 0 Å². The predicted molar refractivity (Wildman–Crippen MR) is 102 cm³/mol. The van der Waals surface area contributed by atoms with E-state index in [1.807, 2.05) is 10.6 Å². The molecule has 27 heavy (non-hydrogen) atoms. The summed E-state index contributed by atoms with van der Waals surface area (Å²) in [5.41, 5.74) is 2.58. The Balaban J connectivity index is 1.92. The Morgan fingerprint density at radius 3 is 2.22 bits per heavy atom. The number of hydrogen-bond donors (Lipinski definition) is 4. The van der Waals surface area contributed by atoms with Crippen LogP contribution in [-0.4, -0.2) is 42.9 Å². The molecule has 1 aromatic heterocycles. The Morgan fingerprint density at radius 1 is 1.00 bits per heavy atom. The first kappa shape index (κ1) is 18.7. The number of carbonyl (C=O) groups is 3. The van der Waals surface area contributed by atoms with Gasteiger partial charge in [-0.15, -0.1) is 0 Å². The quantitative estimate of drug-likeness (QED) is 0.648. The maximum Gasteiger partial charge on any atom is 0.272 e. The van der Waals surface area contributed by atoms with Crippen molar-refractivity contribution in [3.63, 3.8) is 0 Å². The van der Waals surface area contributed by atoms with E-state index < -0.39 is 0 Å². The number of carbonyl (C=O) groups excluding carboxylic acids is 3. The molecule has 1 aromatic carbocycles. The Hall–Kier alpha value is -3.13. The minimum Gasteiger partial charge on any atom is -0.355 e. The third-order valence-electron chi connectivity index (χ3n) is 4.65. The SMILES string of the molecule is CNC(=O)c1cc(NC(=O)c2ccc3n2CCNC3C)cc(C(=O)NC)c1. The molecule has 4 N–H and O–H groups in total. The van der Waals surface area contributed by atoms with E-state index in [1.165, 1.54) is 20.2 Å². The second-order valence-corrected chi connectivity index (χ2v) is 6.38. The maximum atomic E-state index is 12.8. The molecular weight excluding hydrogens is 346 g/mol. The van der Waals surface area contributed by atoms with Gasteiger partial charge in [0.1, 0.15) is 5.69 Å². The number of nitrogens with one attached hydrogen (secondary N) is 4. The highest BCUT2D eigenvalue weighted by Gasteiger charge is 2.22. The zero-order chi connectivity index (χ0) is 19.6. The van der Waals surface area contributed by atoms with Gasteiger partial charge in [0.25, 0.3) is 17.7 Å². The van der Waals surface area contributed by atoms with Crippen LogP contribution in [0.3, 0.4) is 0 Å². The number of hydrogen-bond acceptors (Lipinski definition) is 4. The monoisotopic (exact) mass is 369 g/mol. The van der Waals surface area contributed by atoms with Gasteiger partial charge in [0.05, 0.1) is 0 Å². The first-order valence-corrected chi connectivity index (χ1v) is 8.78. The van der Waals surface area contributed by atoms with Gasteiger partial charge in [-0.25, -0.2) is 0 Å². The van der Waals surface area contributed by atoms with Crippen LogP contribution in [0.25, 0.3) is 0 Å². The van der Waals surface area contributed by atoms with Gasteiger partial charge in [0.15, 0.2) is 0 Å². The number of anilines is 1. The van der Waals surface area contributed by atoms with Crippen LogP contribution in [-0.2, 0) is 6.54 Å². The van der Waals surface area contributed by atoms with E-state index in [9.17, 15) is 14.4 Å². The third-order valence-corrected chi connectivity index (χ3v) is 4.65. The second kappa shape index (κ2) is 7.63. The van der Waals surface area contributed by atoms with Crippen molar-refractivity contribution < 1.29 is 14.4 Å². The number of nitrogens with zero attached hydrogens (tertiary/aromatic N) is 1. The summed E-state index contributed by atoms with van der Waals surface area (Å²) in [7, 11) is 3.02. The van der Waals surface area contributed by atoms with E-state index in [2.05, 4.69) is 28.2 Å². The van der Waals surface area contributed by atoms with Gasteiger partial charge in [-0.1, -0.05) is 0 Å². The summed E-state index contributed by atoms with van der Waals surface area (Å²) in [5, 5.41) is 11.2. The molecule has 1 aliphatic rings. The number of rotatable bonds is 4. The van der Waals surface area contributed by atoms with Crippen molar-refractivity contribution in [2.75, 3.05) is 26.0 Å². The van der Waals surface area contributed by atoms with Crippen molar-refractivity contribution in [2.45, 2.75) is 19.5 Å². The summed E-state index contributed by atoms with van der Waals surface area (Å²) in [6, 6.07) is 8.48. The van der Waals surface area contributed by atoms with E-state index in [0.717, 1.165) is 12.2 Å². The molecule has 2 heterocycles. The summed E-state index contributed by atoms with van der Waals surface area (Å²) in [4.78, 5) is 36.8. The van der Waals surface area contributed by atoms with Crippen molar-refractivity contribution in [3.05, 3.63) is 52.8 Å². The van der Waals surface area contributed by atoms with Gasteiger partial charge in [0, 0.05) is 55.7 Å². The molecular formula is C19H23N5O3. The molecule has 3 amide bonds. The van der Waals surface area contributed by atoms with Gasteiger partial charge in [0.2, 0.25) is 0 Å². The van der Waals surface area contributed by atoms with Crippen LogP contribution in [0, 0.1) is 0 Å². The smallest absolute Gasteiger partial charge is 0.272 e. The van der Waals surface area contributed by atoms with Crippen LogP contribution in [0.2, 0.25) is 0 Å². The fourth-order valence-electron chi connectivity index (χ4n) is 3.25. The molecule has 0 fully saturated rings. The lowest BCUT2D eigenvalue weighted by molar-refractivity contribution is 0.0960. The minimum absolute atomic E-state index is 0.178. The maximum absolute atomic E-state index is 12.8. The zero-order valence-corrected chi connectivity index (χ0v) is 15.6. The summed E-state index contributed by atoms with van der Waals surface area (Å²) in [6.07, 6.45) is 0. The molecule has 0 saturated heterocycles. The molecule has 1 unspecified atom stereocenters. The van der Waals surface area contributed by atoms with Crippen molar-refractivity contribution >= 4 is 23.4 Å². The first-order chi connectivity index (χ1) is 12.9. The standard InChI is InChI=1S/C19H23N5O3/c1-11-15-4-5-16(24(15)7-6-22-11)19(27)23-14-9-12(17(25)20-2)8-13(10-14)18(26)21-3/h4-5,8-11,22H,6-7H2,1-3H3,(H,20,25)(H,21,26)(H,23,27). The van der Waals surface area contributed by atoms with Crippen LogP contribution < -0.4 is 21.3 Å². The normalized spacial score (nSPS) is 15.6. The van der Waals surface area contributed by atoms with E-state index in [0.29, 0.717) is 29.1 Å². The molecule has 142 valence electrons. The third kappa shape index (κ3) is 3.70. The summed E-state index contributed by atoms with van der Waals surface area (Å²) < 4.78 is 1.98. The lowest BCUT2D eigenvalue weighted by Crippen LogP contribution is -2.33. The van der Waals surface area contributed by atoms with Gasteiger partial charge < -0.3 is 25.8 Å². The van der Waals surface area contributed by atoms with Crippen molar-refractivity contribution in [1.82, 2.24) is 20.5 Å². The lowest BCUT2D eigenvalue weighted by atomic mass is 10.1. The molecule has 0 spiro atoms. The second-order valence-electron chi connectivity index (χ2n) is 6.38. The van der Waals surface area contributed by atoms with Gasteiger partial charge in [-0.3, -0.25) is 14.4 Å². The number of aromatic nitrogens is 1. The largest absolute Gasteiger partial charge is 0.355 e. The molecule has 3 rings (SSSR count). The van der Waals surface area contributed by atoms with Crippen molar-refractivity contribution in [3.8, 4) is 0 Å². The Bertz CT molecular complexity index is 868. The summed E-state index contributed by atoms with van der Waals surface area (Å²) in [5.74, 6) is -0.959. The van der Waals surface area contributed by atoms with Gasteiger partial charge >= 0.3 is 0 Å². The van der Waals surface area contributed by atoms with E-state index in [4.69, 9.17) is 0 Å². The van der Waals surface area contributed by atoms with Crippen LogP contribution >= 0.6 is 0 Å². The minimum atomic E-state index is -0.337. The summed E-state index contributed by atoms with van der Waals surface area (Å²) in [6.45, 7) is 3.54. The van der Waals surface area contributed by atoms with Gasteiger partial charge in [-0.05, 0) is 37.3 Å². The van der Waals surface area contributed by atoms with E-state index in [-0.39, 0.29) is 23.8 Å². The molecule has 0 bridgehead atoms. The fraction of sp³-hybridized carbons (Fsp3) is 0.316. The molecule has 1 atom stereocenters. The Labute approximate surface area is 157 Å². The lowest BCUT2D eigenvalue weighted by Gasteiger charge is -2.24.